The largest absolute Gasteiger partial charge is 0.453 e. The highest BCUT2D eigenvalue weighted by atomic mass is 16.6. The van der Waals surface area contributed by atoms with Gasteiger partial charge in [-0.25, -0.2) is 14.6 Å². The smallest absolute Gasteiger partial charge is 0.414 e. The van der Waals surface area contributed by atoms with Crippen LogP contribution in [0.2, 0.25) is 0 Å². The first kappa shape index (κ1) is 29.4. The van der Waals surface area contributed by atoms with Gasteiger partial charge in [-0.15, -0.1) is 0 Å². The Labute approximate surface area is 244 Å². The minimum atomic E-state index is -0.282. The summed E-state index contributed by atoms with van der Waals surface area (Å²) in [7, 11) is 1.43. The molecule has 0 N–H and O–H groups in total. The molecule has 1 aromatic carbocycles. The molecule has 1 saturated heterocycles. The molecule has 2 atom stereocenters. The third-order valence-electron chi connectivity index (χ3n) is 9.24. The van der Waals surface area contributed by atoms with E-state index in [9.17, 15) is 9.59 Å². The predicted octanol–water partition coefficient (Wildman–Crippen LogP) is 6.10. The van der Waals surface area contributed by atoms with Crippen molar-refractivity contribution in [2.75, 3.05) is 38.2 Å². The van der Waals surface area contributed by atoms with Crippen molar-refractivity contribution < 1.29 is 19.1 Å². The normalized spacial score (nSPS) is 21.8. The van der Waals surface area contributed by atoms with Crippen molar-refractivity contribution in [2.24, 2.45) is 0 Å². The number of para-hydroxylation sites is 1. The first-order valence-electron chi connectivity index (χ1n) is 15.6. The van der Waals surface area contributed by atoms with E-state index in [0.717, 1.165) is 88.1 Å². The highest BCUT2D eigenvalue weighted by molar-refractivity contribution is 5.87. The average Bonchev–Trinajstić information content (AvgIpc) is 3.34. The maximum absolute atomic E-state index is 13.3. The van der Waals surface area contributed by atoms with Crippen molar-refractivity contribution >= 4 is 17.9 Å². The number of carbonyl (C=O) groups is 2. The molecule has 0 bridgehead atoms. The molecular weight excluding hydrogens is 518 g/mol. The average molecular weight is 566 g/mol. The number of hydrogen-bond donors (Lipinski definition) is 0. The number of benzene rings is 1. The molecule has 0 spiro atoms. The molecule has 41 heavy (non-hydrogen) atoms. The number of rotatable bonds is 8. The minimum absolute atomic E-state index is 0.0480. The lowest BCUT2D eigenvalue weighted by Crippen LogP contribution is -2.45. The van der Waals surface area contributed by atoms with Gasteiger partial charge < -0.3 is 23.8 Å². The van der Waals surface area contributed by atoms with Crippen molar-refractivity contribution in [2.45, 2.75) is 103 Å². The van der Waals surface area contributed by atoms with Gasteiger partial charge in [0.15, 0.2) is 0 Å². The van der Waals surface area contributed by atoms with Crippen molar-refractivity contribution in [1.82, 2.24) is 19.4 Å². The van der Waals surface area contributed by atoms with Crippen LogP contribution in [0.15, 0.2) is 30.3 Å². The van der Waals surface area contributed by atoms with E-state index in [4.69, 9.17) is 14.5 Å². The van der Waals surface area contributed by atoms with Crippen molar-refractivity contribution in [3.05, 3.63) is 47.5 Å². The fraction of sp³-hybridized carbons (Fsp3) is 0.656. The van der Waals surface area contributed by atoms with E-state index in [1.807, 2.05) is 35.2 Å². The Hall–Kier alpha value is -3.07. The molecule has 5 rings (SSSR count). The van der Waals surface area contributed by atoms with E-state index >= 15 is 0 Å². The van der Waals surface area contributed by atoms with Crippen LogP contribution in [0, 0.1) is 6.92 Å². The number of piperidine rings is 1. The number of likely N-dealkylation sites (tertiary alicyclic amines) is 1. The van der Waals surface area contributed by atoms with E-state index in [0.29, 0.717) is 31.7 Å². The lowest BCUT2D eigenvalue weighted by molar-refractivity contribution is 0.0799. The molecule has 0 radical (unpaired) electrons. The van der Waals surface area contributed by atoms with Crippen molar-refractivity contribution in [3.8, 4) is 0 Å². The molecule has 1 aliphatic carbocycles. The Bertz CT molecular complexity index is 1160. The number of fused-ring (bicyclic) bond motifs is 1. The number of aromatic nitrogens is 2. The van der Waals surface area contributed by atoms with Gasteiger partial charge >= 0.3 is 12.2 Å². The standard InChI is InChI=1S/C32H47N5O4/c1-4-25-22-27(37-24(2)33-29-23-35(31(38)40-3)21-17-30(29)37)16-20-34(25)18-11-19-36(26-12-7-5-8-13-26)32(39)41-28-14-9-6-10-15-28/h5,7-8,12-13,25,27-28H,4,6,9-11,14-23H2,1-3H3/t25-,27-/m1/s1. The molecule has 3 aliphatic rings. The zero-order chi connectivity index (χ0) is 28.8. The summed E-state index contributed by atoms with van der Waals surface area (Å²) in [5.74, 6) is 1.05. The topological polar surface area (TPSA) is 80.1 Å². The molecule has 224 valence electrons. The van der Waals surface area contributed by atoms with Gasteiger partial charge in [0.2, 0.25) is 0 Å². The van der Waals surface area contributed by atoms with Gasteiger partial charge in [-0.3, -0.25) is 4.90 Å². The number of carbonyl (C=O) groups excluding carboxylic acids is 2. The molecule has 9 nitrogen and oxygen atoms in total. The quantitative estimate of drug-likeness (QED) is 0.385. The Morgan fingerprint density at radius 2 is 1.85 bits per heavy atom. The van der Waals surface area contributed by atoms with Gasteiger partial charge in [0, 0.05) is 56.1 Å². The fourth-order valence-electron chi connectivity index (χ4n) is 7.10. The summed E-state index contributed by atoms with van der Waals surface area (Å²) < 4.78 is 13.4. The number of imidazole rings is 1. The van der Waals surface area contributed by atoms with E-state index in [1.54, 1.807) is 4.90 Å². The SMILES string of the molecule is CC[C@@H]1C[C@H](n2c(C)nc3c2CCN(C(=O)OC)C3)CCN1CCCN(C(=O)OC1CCCCC1)c1ccccc1. The Morgan fingerprint density at radius 3 is 2.59 bits per heavy atom. The first-order chi connectivity index (χ1) is 20.0. The second-order valence-electron chi connectivity index (χ2n) is 11.8. The van der Waals surface area contributed by atoms with Crippen LogP contribution in [0.5, 0.6) is 0 Å². The molecule has 3 heterocycles. The molecule has 1 aromatic heterocycles. The molecule has 9 heteroatoms. The number of amides is 2. The molecular formula is C32H47N5O4. The lowest BCUT2D eigenvalue weighted by Gasteiger charge is -2.41. The number of methoxy groups -OCH3 is 1. The van der Waals surface area contributed by atoms with Crippen LogP contribution >= 0.6 is 0 Å². The van der Waals surface area contributed by atoms with Gasteiger partial charge in [0.1, 0.15) is 11.9 Å². The van der Waals surface area contributed by atoms with E-state index in [2.05, 4.69) is 23.3 Å². The first-order valence-corrected chi connectivity index (χ1v) is 15.6. The zero-order valence-corrected chi connectivity index (χ0v) is 25.1. The molecule has 2 aliphatic heterocycles. The zero-order valence-electron chi connectivity index (χ0n) is 25.1. The van der Waals surface area contributed by atoms with Crippen molar-refractivity contribution in [3.63, 3.8) is 0 Å². The molecule has 2 amide bonds. The summed E-state index contributed by atoms with van der Waals surface area (Å²) in [6.45, 7) is 8.20. The van der Waals surface area contributed by atoms with Crippen LogP contribution in [0.4, 0.5) is 15.3 Å². The van der Waals surface area contributed by atoms with Gasteiger partial charge in [0.25, 0.3) is 0 Å². The van der Waals surface area contributed by atoms with Crippen molar-refractivity contribution in [1.29, 1.82) is 0 Å². The summed E-state index contributed by atoms with van der Waals surface area (Å²) >= 11 is 0. The van der Waals surface area contributed by atoms with Crippen LogP contribution in [0.3, 0.4) is 0 Å². The second kappa shape index (κ2) is 13.7. The number of hydrogen-bond acceptors (Lipinski definition) is 6. The molecule has 0 unspecified atom stereocenters. The summed E-state index contributed by atoms with van der Waals surface area (Å²) in [5, 5.41) is 0. The Kier molecular flexibility index (Phi) is 9.85. The Morgan fingerprint density at radius 1 is 1.07 bits per heavy atom. The van der Waals surface area contributed by atoms with E-state index in [-0.39, 0.29) is 18.3 Å². The predicted molar refractivity (Wildman–Crippen MR) is 159 cm³/mol. The van der Waals surface area contributed by atoms with Crippen LogP contribution < -0.4 is 4.90 Å². The monoisotopic (exact) mass is 565 g/mol. The fourth-order valence-corrected chi connectivity index (χ4v) is 7.10. The van der Waals surface area contributed by atoms with E-state index < -0.39 is 0 Å². The number of anilines is 1. The highest BCUT2D eigenvalue weighted by Crippen LogP contribution is 2.34. The molecule has 2 aromatic rings. The van der Waals surface area contributed by atoms with Crippen LogP contribution in [0.25, 0.3) is 0 Å². The third kappa shape index (κ3) is 6.88. The summed E-state index contributed by atoms with van der Waals surface area (Å²) in [4.78, 5) is 36.4. The second-order valence-corrected chi connectivity index (χ2v) is 11.8. The molecule has 1 saturated carbocycles. The minimum Gasteiger partial charge on any atom is -0.453 e. The van der Waals surface area contributed by atoms with E-state index in [1.165, 1.54) is 19.2 Å². The van der Waals surface area contributed by atoms with Gasteiger partial charge in [-0.1, -0.05) is 31.5 Å². The van der Waals surface area contributed by atoms with Gasteiger partial charge in [0.05, 0.1) is 19.3 Å². The number of nitrogens with zero attached hydrogens (tertiary/aromatic N) is 5. The summed E-state index contributed by atoms with van der Waals surface area (Å²) in [6, 6.07) is 10.9. The highest BCUT2D eigenvalue weighted by Gasteiger charge is 2.33. The van der Waals surface area contributed by atoms with Gasteiger partial charge in [-0.2, -0.15) is 0 Å². The van der Waals surface area contributed by atoms with Crippen LogP contribution in [0.1, 0.15) is 88.0 Å². The van der Waals surface area contributed by atoms with Gasteiger partial charge in [-0.05, 0) is 70.4 Å². The Balaban J connectivity index is 1.19. The number of ether oxygens (including phenoxy) is 2. The lowest BCUT2D eigenvalue weighted by atomic mass is 9.94. The number of aryl methyl sites for hydroxylation is 1. The van der Waals surface area contributed by atoms with Crippen LogP contribution in [-0.4, -0.2) is 77.0 Å². The maximum Gasteiger partial charge on any atom is 0.414 e. The van der Waals surface area contributed by atoms with Crippen LogP contribution in [-0.2, 0) is 22.4 Å². The maximum atomic E-state index is 13.3. The molecule has 2 fully saturated rings. The third-order valence-corrected chi connectivity index (χ3v) is 9.24. The summed E-state index contributed by atoms with van der Waals surface area (Å²) in [6.07, 6.45) is 10.0. The summed E-state index contributed by atoms with van der Waals surface area (Å²) in [5.41, 5.74) is 3.20.